The second kappa shape index (κ2) is 5.63. The van der Waals surface area contributed by atoms with Gasteiger partial charge in [-0.1, -0.05) is 35.3 Å². The van der Waals surface area contributed by atoms with Crippen molar-refractivity contribution >= 4 is 35.0 Å². The van der Waals surface area contributed by atoms with Gasteiger partial charge >= 0.3 is 0 Å². The minimum atomic E-state index is -0.300. The van der Waals surface area contributed by atoms with Crippen LogP contribution in [0.4, 0.5) is 0 Å². The monoisotopic (exact) mass is 276 g/mol. The molecule has 1 aliphatic rings. The molecule has 1 N–H and O–H groups in total. The van der Waals surface area contributed by atoms with Gasteiger partial charge in [-0.25, -0.2) is 0 Å². The highest BCUT2D eigenvalue weighted by molar-refractivity contribution is 7.99. The van der Waals surface area contributed by atoms with E-state index in [1.165, 1.54) is 0 Å². The zero-order valence-electron chi connectivity index (χ0n) is 8.83. The SMILES string of the molecule is OC(Cc1cccc(Cl)c1Cl)C1CCSC1. The number of rotatable bonds is 3. The lowest BCUT2D eigenvalue weighted by Gasteiger charge is -2.17. The molecule has 1 aromatic carbocycles. The van der Waals surface area contributed by atoms with Gasteiger partial charge in [-0.15, -0.1) is 0 Å². The Balaban J connectivity index is 2.05. The van der Waals surface area contributed by atoms with Gasteiger partial charge in [0.25, 0.3) is 0 Å². The molecule has 0 amide bonds. The van der Waals surface area contributed by atoms with Crippen molar-refractivity contribution in [3.05, 3.63) is 33.8 Å². The molecular formula is C12H14Cl2OS. The Morgan fingerprint density at radius 1 is 1.44 bits per heavy atom. The quantitative estimate of drug-likeness (QED) is 0.910. The van der Waals surface area contributed by atoms with Crippen LogP contribution in [-0.2, 0) is 6.42 Å². The maximum Gasteiger partial charge on any atom is 0.0625 e. The number of aliphatic hydroxyl groups is 1. The van der Waals surface area contributed by atoms with E-state index < -0.39 is 0 Å². The first-order valence-electron chi connectivity index (χ1n) is 5.37. The maximum atomic E-state index is 10.1. The molecule has 1 heterocycles. The lowest BCUT2D eigenvalue weighted by Crippen LogP contribution is -2.22. The molecular weight excluding hydrogens is 263 g/mol. The number of hydrogen-bond donors (Lipinski definition) is 1. The molecule has 1 aliphatic heterocycles. The molecule has 4 heteroatoms. The highest BCUT2D eigenvalue weighted by Gasteiger charge is 2.24. The predicted molar refractivity (Wildman–Crippen MR) is 71.6 cm³/mol. The summed E-state index contributed by atoms with van der Waals surface area (Å²) in [6.07, 6.45) is 1.40. The third-order valence-corrected chi connectivity index (χ3v) is 5.02. The van der Waals surface area contributed by atoms with E-state index in [0.29, 0.717) is 22.4 Å². The first-order valence-corrected chi connectivity index (χ1v) is 7.28. The summed E-state index contributed by atoms with van der Waals surface area (Å²) >= 11 is 13.9. The molecule has 2 atom stereocenters. The maximum absolute atomic E-state index is 10.1. The average Bonchev–Trinajstić information content (AvgIpc) is 2.78. The molecule has 2 rings (SSSR count). The minimum absolute atomic E-state index is 0.300. The lowest BCUT2D eigenvalue weighted by molar-refractivity contribution is 0.120. The Labute approximate surface area is 110 Å². The largest absolute Gasteiger partial charge is 0.392 e. The van der Waals surface area contributed by atoms with E-state index in [1.807, 2.05) is 23.9 Å². The summed E-state index contributed by atoms with van der Waals surface area (Å²) in [5.74, 6) is 2.62. The smallest absolute Gasteiger partial charge is 0.0625 e. The third kappa shape index (κ3) is 2.86. The summed E-state index contributed by atoms with van der Waals surface area (Å²) in [7, 11) is 0. The van der Waals surface area contributed by atoms with Crippen LogP contribution in [-0.4, -0.2) is 22.7 Å². The number of hydrogen-bond acceptors (Lipinski definition) is 2. The fourth-order valence-corrected chi connectivity index (χ4v) is 3.68. The van der Waals surface area contributed by atoms with Crippen LogP contribution < -0.4 is 0 Å². The molecule has 1 aromatic rings. The van der Waals surface area contributed by atoms with Gasteiger partial charge in [-0.3, -0.25) is 0 Å². The fourth-order valence-electron chi connectivity index (χ4n) is 1.95. The van der Waals surface area contributed by atoms with E-state index in [0.717, 1.165) is 23.5 Å². The van der Waals surface area contributed by atoms with E-state index in [9.17, 15) is 5.11 Å². The summed E-state index contributed by atoms with van der Waals surface area (Å²) in [5, 5.41) is 11.2. The predicted octanol–water partition coefficient (Wildman–Crippen LogP) is 3.65. The first-order chi connectivity index (χ1) is 7.68. The van der Waals surface area contributed by atoms with Gasteiger partial charge < -0.3 is 5.11 Å². The molecule has 0 spiro atoms. The number of halogens is 2. The van der Waals surface area contributed by atoms with Crippen molar-refractivity contribution < 1.29 is 5.11 Å². The zero-order chi connectivity index (χ0) is 11.5. The molecule has 0 saturated carbocycles. The molecule has 0 aromatic heterocycles. The van der Waals surface area contributed by atoms with Crippen molar-refractivity contribution in [3.8, 4) is 0 Å². The van der Waals surface area contributed by atoms with Crippen LogP contribution in [0.15, 0.2) is 18.2 Å². The molecule has 2 unspecified atom stereocenters. The Morgan fingerprint density at radius 2 is 2.25 bits per heavy atom. The van der Waals surface area contributed by atoms with Crippen molar-refractivity contribution in [2.45, 2.75) is 18.9 Å². The van der Waals surface area contributed by atoms with E-state index in [4.69, 9.17) is 23.2 Å². The van der Waals surface area contributed by atoms with Crippen LogP contribution in [0, 0.1) is 5.92 Å². The van der Waals surface area contributed by atoms with Crippen LogP contribution in [0.25, 0.3) is 0 Å². The highest BCUT2D eigenvalue weighted by Crippen LogP contribution is 2.31. The van der Waals surface area contributed by atoms with Crippen molar-refractivity contribution in [2.75, 3.05) is 11.5 Å². The van der Waals surface area contributed by atoms with Crippen molar-refractivity contribution in [1.29, 1.82) is 0 Å². The van der Waals surface area contributed by atoms with Crippen molar-refractivity contribution in [1.82, 2.24) is 0 Å². The molecule has 0 radical (unpaired) electrons. The van der Waals surface area contributed by atoms with E-state index in [1.54, 1.807) is 6.07 Å². The second-order valence-electron chi connectivity index (χ2n) is 4.11. The summed E-state index contributed by atoms with van der Waals surface area (Å²) in [6.45, 7) is 0. The van der Waals surface area contributed by atoms with Gasteiger partial charge in [-0.05, 0) is 35.5 Å². The van der Waals surface area contributed by atoms with Crippen LogP contribution in [0.2, 0.25) is 10.0 Å². The normalized spacial score (nSPS) is 22.3. The topological polar surface area (TPSA) is 20.2 Å². The van der Waals surface area contributed by atoms with Crippen molar-refractivity contribution in [2.24, 2.45) is 5.92 Å². The number of benzene rings is 1. The third-order valence-electron chi connectivity index (χ3n) is 2.97. The van der Waals surface area contributed by atoms with Crippen LogP contribution in [0.3, 0.4) is 0 Å². The first kappa shape index (κ1) is 12.6. The molecule has 16 heavy (non-hydrogen) atoms. The second-order valence-corrected chi connectivity index (χ2v) is 6.04. The summed E-state index contributed by atoms with van der Waals surface area (Å²) in [6, 6.07) is 5.57. The number of aliphatic hydroxyl groups excluding tert-OH is 1. The van der Waals surface area contributed by atoms with E-state index in [-0.39, 0.29) is 6.10 Å². The lowest BCUT2D eigenvalue weighted by atomic mass is 9.96. The van der Waals surface area contributed by atoms with Crippen molar-refractivity contribution in [3.63, 3.8) is 0 Å². The Bertz CT molecular complexity index is 364. The van der Waals surface area contributed by atoms with Gasteiger partial charge in [0, 0.05) is 6.42 Å². The Morgan fingerprint density at radius 3 is 2.94 bits per heavy atom. The van der Waals surface area contributed by atoms with E-state index in [2.05, 4.69) is 0 Å². The average molecular weight is 277 g/mol. The summed E-state index contributed by atoms with van der Waals surface area (Å²) in [4.78, 5) is 0. The molecule has 88 valence electrons. The standard InChI is InChI=1S/C12H14Cl2OS/c13-10-3-1-2-8(12(10)14)6-11(15)9-4-5-16-7-9/h1-3,9,11,15H,4-7H2. The summed E-state index contributed by atoms with van der Waals surface area (Å²) in [5.41, 5.74) is 0.943. The number of thioether (sulfide) groups is 1. The van der Waals surface area contributed by atoms with E-state index >= 15 is 0 Å². The molecule has 0 aliphatic carbocycles. The molecule has 1 saturated heterocycles. The van der Waals surface area contributed by atoms with Gasteiger partial charge in [0.15, 0.2) is 0 Å². The Kier molecular flexibility index (Phi) is 4.42. The van der Waals surface area contributed by atoms with Gasteiger partial charge in [0.2, 0.25) is 0 Å². The molecule has 1 nitrogen and oxygen atoms in total. The highest BCUT2D eigenvalue weighted by atomic mass is 35.5. The van der Waals surface area contributed by atoms with Gasteiger partial charge in [0.05, 0.1) is 16.1 Å². The Hall–Kier alpha value is 0.110. The fraction of sp³-hybridized carbons (Fsp3) is 0.500. The zero-order valence-corrected chi connectivity index (χ0v) is 11.2. The molecule has 1 fully saturated rings. The minimum Gasteiger partial charge on any atom is -0.392 e. The van der Waals surface area contributed by atoms with Gasteiger partial charge in [-0.2, -0.15) is 11.8 Å². The van der Waals surface area contributed by atoms with Gasteiger partial charge in [0.1, 0.15) is 0 Å². The molecule has 0 bridgehead atoms. The van der Waals surface area contributed by atoms with Crippen LogP contribution in [0.1, 0.15) is 12.0 Å². The van der Waals surface area contributed by atoms with Crippen LogP contribution in [0.5, 0.6) is 0 Å². The van der Waals surface area contributed by atoms with Crippen LogP contribution >= 0.6 is 35.0 Å². The summed E-state index contributed by atoms with van der Waals surface area (Å²) < 4.78 is 0.